The molecule has 2 N–H and O–H groups in total. The number of methoxy groups -OCH3 is 1. The molecule has 1 fully saturated rings. The lowest BCUT2D eigenvalue weighted by molar-refractivity contribution is -0.00207. The fourth-order valence-electron chi connectivity index (χ4n) is 3.10. The summed E-state index contributed by atoms with van der Waals surface area (Å²) in [5.74, 6) is 0.770. The Bertz CT molecular complexity index is 634. The van der Waals surface area contributed by atoms with Gasteiger partial charge in [-0.2, -0.15) is 0 Å². The lowest BCUT2D eigenvalue weighted by Gasteiger charge is -2.36. The van der Waals surface area contributed by atoms with E-state index in [1.807, 2.05) is 0 Å². The molecule has 0 bridgehead atoms. The summed E-state index contributed by atoms with van der Waals surface area (Å²) in [6, 6.07) is 4.94. The highest BCUT2D eigenvalue weighted by Gasteiger charge is 2.30. The molecule has 152 valence electrons. The number of nitrogens with zero attached hydrogens (tertiary/aromatic N) is 1. The molecule has 1 aliphatic rings. The van der Waals surface area contributed by atoms with Crippen LogP contribution in [0.2, 0.25) is 5.02 Å². The van der Waals surface area contributed by atoms with E-state index >= 15 is 0 Å². The molecule has 0 radical (unpaired) electrons. The van der Waals surface area contributed by atoms with Crippen LogP contribution in [0.4, 0.5) is 4.39 Å². The minimum Gasteiger partial charge on any atom is -0.497 e. The fraction of sp³-hybridized carbons (Fsp3) is 0.650. The third kappa shape index (κ3) is 6.33. The van der Waals surface area contributed by atoms with Crippen LogP contribution in [0, 0.1) is 11.3 Å². The second-order valence-corrected chi connectivity index (χ2v) is 8.41. The molecular weight excluding hydrogens is 371 g/mol. The Kier molecular flexibility index (Phi) is 7.89. The lowest BCUT2D eigenvalue weighted by atomic mass is 9.87. The van der Waals surface area contributed by atoms with E-state index in [0.717, 1.165) is 25.9 Å². The number of carbonyl (C=O) groups is 1. The molecule has 0 aliphatic carbocycles. The number of hydrogen-bond acceptors (Lipinski definition) is 4. The van der Waals surface area contributed by atoms with Gasteiger partial charge in [-0.05, 0) is 50.0 Å². The van der Waals surface area contributed by atoms with Crippen LogP contribution in [-0.2, 0) is 0 Å². The maximum absolute atomic E-state index is 13.0. The molecule has 5 nitrogen and oxygen atoms in total. The lowest BCUT2D eigenvalue weighted by Crippen LogP contribution is -2.46. The number of aliphatic hydroxyl groups excluding tert-OH is 1. The molecule has 7 heteroatoms. The first kappa shape index (κ1) is 21.9. The highest BCUT2D eigenvalue weighted by molar-refractivity contribution is 6.31. The molecule has 1 amide bonds. The van der Waals surface area contributed by atoms with E-state index < -0.39 is 18.2 Å². The zero-order valence-corrected chi connectivity index (χ0v) is 17.1. The van der Waals surface area contributed by atoms with Crippen LogP contribution in [0.25, 0.3) is 0 Å². The number of benzene rings is 1. The minimum absolute atomic E-state index is 0.168. The number of nitrogens with one attached hydrogen (secondary N) is 1. The number of carbonyl (C=O) groups excluding carboxylic acids is 1. The zero-order chi connectivity index (χ0) is 20.0. The topological polar surface area (TPSA) is 61.8 Å². The van der Waals surface area contributed by atoms with Gasteiger partial charge in [-0.1, -0.05) is 25.4 Å². The van der Waals surface area contributed by atoms with Gasteiger partial charge in [0, 0.05) is 29.1 Å². The van der Waals surface area contributed by atoms with Crippen molar-refractivity contribution in [1.29, 1.82) is 0 Å². The second kappa shape index (κ2) is 9.71. The molecule has 0 aromatic heterocycles. The van der Waals surface area contributed by atoms with Crippen LogP contribution in [0.3, 0.4) is 0 Å². The van der Waals surface area contributed by atoms with Crippen molar-refractivity contribution in [1.82, 2.24) is 10.2 Å². The van der Waals surface area contributed by atoms with Gasteiger partial charge in [-0.25, -0.2) is 0 Å². The maximum atomic E-state index is 13.0. The van der Waals surface area contributed by atoms with E-state index in [1.165, 1.54) is 7.11 Å². The smallest absolute Gasteiger partial charge is 0.251 e. The summed E-state index contributed by atoms with van der Waals surface area (Å²) in [6.45, 7) is 5.70. The van der Waals surface area contributed by atoms with Crippen molar-refractivity contribution in [3.63, 3.8) is 0 Å². The first-order valence-electron chi connectivity index (χ1n) is 9.34. The van der Waals surface area contributed by atoms with Gasteiger partial charge in [0.2, 0.25) is 0 Å². The minimum atomic E-state index is -0.719. The van der Waals surface area contributed by atoms with Gasteiger partial charge < -0.3 is 20.1 Å². The largest absolute Gasteiger partial charge is 0.497 e. The Morgan fingerprint density at radius 2 is 2.07 bits per heavy atom. The van der Waals surface area contributed by atoms with Crippen molar-refractivity contribution >= 4 is 17.5 Å². The number of ether oxygens (including phenoxy) is 1. The van der Waals surface area contributed by atoms with Crippen molar-refractivity contribution in [2.45, 2.75) is 32.8 Å². The van der Waals surface area contributed by atoms with Crippen LogP contribution in [-0.4, -0.2) is 62.0 Å². The molecule has 2 rings (SSSR count). The molecule has 0 spiro atoms. The van der Waals surface area contributed by atoms with E-state index in [-0.39, 0.29) is 5.91 Å². The molecule has 1 aromatic carbocycles. The quantitative estimate of drug-likeness (QED) is 0.703. The van der Waals surface area contributed by atoms with Gasteiger partial charge in [0.05, 0.1) is 19.9 Å². The van der Waals surface area contributed by atoms with Crippen molar-refractivity contribution in [2.24, 2.45) is 11.3 Å². The molecule has 1 aliphatic heterocycles. The number of alkyl halides is 1. The third-order valence-electron chi connectivity index (χ3n) is 5.31. The van der Waals surface area contributed by atoms with Crippen LogP contribution in [0.5, 0.6) is 5.75 Å². The van der Waals surface area contributed by atoms with E-state index in [1.54, 1.807) is 32.0 Å². The number of likely N-dealkylation sites (tertiary alicyclic amines) is 1. The summed E-state index contributed by atoms with van der Waals surface area (Å²) in [6.07, 6.45) is 1.18. The number of halogens is 2. The highest BCUT2D eigenvalue weighted by Crippen LogP contribution is 2.24. The predicted molar refractivity (Wildman–Crippen MR) is 105 cm³/mol. The van der Waals surface area contributed by atoms with E-state index in [2.05, 4.69) is 10.2 Å². The normalized spacial score (nSPS) is 17.6. The Balaban J connectivity index is 1.78. The van der Waals surface area contributed by atoms with E-state index in [0.29, 0.717) is 35.3 Å². The zero-order valence-electron chi connectivity index (χ0n) is 16.3. The van der Waals surface area contributed by atoms with Crippen LogP contribution < -0.4 is 10.1 Å². The maximum Gasteiger partial charge on any atom is 0.251 e. The highest BCUT2D eigenvalue weighted by atomic mass is 35.5. The van der Waals surface area contributed by atoms with Gasteiger partial charge in [0.1, 0.15) is 5.75 Å². The molecule has 0 saturated carbocycles. The van der Waals surface area contributed by atoms with Crippen molar-refractivity contribution in [3.05, 3.63) is 28.8 Å². The SMILES string of the molecule is COc1cc(Cl)cc(C(=O)NCC2CCN(C[C@H](O)C(C)(C)CF)CC2)c1. The number of amides is 1. The van der Waals surface area contributed by atoms with Crippen LogP contribution in [0.15, 0.2) is 18.2 Å². The van der Waals surface area contributed by atoms with Gasteiger partial charge >= 0.3 is 0 Å². The molecular formula is C20H30ClFN2O3. The van der Waals surface area contributed by atoms with Gasteiger partial charge in [0.15, 0.2) is 0 Å². The first-order chi connectivity index (χ1) is 12.7. The van der Waals surface area contributed by atoms with E-state index in [9.17, 15) is 14.3 Å². The summed E-state index contributed by atoms with van der Waals surface area (Å²) in [5, 5.41) is 13.6. The Morgan fingerprint density at radius 1 is 1.41 bits per heavy atom. The number of β-amino-alcohol motifs (C(OH)–C–C–N with tert-alkyl or cyclic N) is 1. The van der Waals surface area contributed by atoms with Crippen LogP contribution in [0.1, 0.15) is 37.0 Å². The number of hydrogen-bond donors (Lipinski definition) is 2. The third-order valence-corrected chi connectivity index (χ3v) is 5.52. The molecule has 1 heterocycles. The molecule has 27 heavy (non-hydrogen) atoms. The molecule has 1 aromatic rings. The van der Waals surface area contributed by atoms with Crippen molar-refractivity contribution in [2.75, 3.05) is 40.0 Å². The average molecular weight is 401 g/mol. The standard InChI is InChI=1S/C20H30ClFN2O3/c1-20(2,13-22)18(25)12-24-6-4-14(5-7-24)11-23-19(26)15-8-16(21)10-17(9-15)27-3/h8-10,14,18,25H,4-7,11-13H2,1-3H3,(H,23,26)/t18-/m0/s1. The Hall–Kier alpha value is -1.37. The Labute approximate surface area is 165 Å². The summed E-state index contributed by atoms with van der Waals surface area (Å²) in [5.41, 5.74) is -0.239. The monoisotopic (exact) mass is 400 g/mol. The van der Waals surface area contributed by atoms with Crippen molar-refractivity contribution < 1.29 is 19.0 Å². The van der Waals surface area contributed by atoms with Gasteiger partial charge in [0.25, 0.3) is 5.91 Å². The average Bonchev–Trinajstić information content (AvgIpc) is 2.66. The summed E-state index contributed by atoms with van der Waals surface area (Å²) < 4.78 is 18.1. The van der Waals surface area contributed by atoms with E-state index in [4.69, 9.17) is 16.3 Å². The first-order valence-corrected chi connectivity index (χ1v) is 9.72. The second-order valence-electron chi connectivity index (χ2n) is 7.97. The van der Waals surface area contributed by atoms with Gasteiger partial charge in [-0.3, -0.25) is 9.18 Å². The number of rotatable bonds is 8. The number of piperidine rings is 1. The molecule has 1 atom stereocenters. The Morgan fingerprint density at radius 3 is 2.67 bits per heavy atom. The summed E-state index contributed by atoms with van der Waals surface area (Å²) in [7, 11) is 1.53. The number of aliphatic hydroxyl groups is 1. The predicted octanol–water partition coefficient (Wildman–Crippen LogP) is 3.15. The van der Waals surface area contributed by atoms with Crippen LogP contribution >= 0.6 is 11.6 Å². The van der Waals surface area contributed by atoms with Gasteiger partial charge in [-0.15, -0.1) is 0 Å². The fourth-order valence-corrected chi connectivity index (χ4v) is 3.33. The molecule has 1 saturated heterocycles. The molecule has 0 unspecified atom stereocenters. The summed E-state index contributed by atoms with van der Waals surface area (Å²) >= 11 is 6.01. The summed E-state index contributed by atoms with van der Waals surface area (Å²) in [4.78, 5) is 14.5. The van der Waals surface area contributed by atoms with Crippen molar-refractivity contribution in [3.8, 4) is 5.75 Å².